The number of nitrogens with zero attached hydrogens (tertiary/aromatic N) is 5. The van der Waals surface area contributed by atoms with Gasteiger partial charge in [0.25, 0.3) is 0 Å². The molecular weight excluding hydrogens is 254 g/mol. The molecule has 0 aromatic carbocycles. The predicted octanol–water partition coefficient (Wildman–Crippen LogP) is 0.528. The van der Waals surface area contributed by atoms with Gasteiger partial charge in [-0.25, -0.2) is 4.98 Å². The highest BCUT2D eigenvalue weighted by molar-refractivity contribution is 5.40. The highest BCUT2D eigenvalue weighted by atomic mass is 16.5. The molecule has 1 fully saturated rings. The molecule has 6 nitrogen and oxygen atoms in total. The van der Waals surface area contributed by atoms with Gasteiger partial charge in [-0.2, -0.15) is 4.52 Å². The number of rotatable bonds is 4. The van der Waals surface area contributed by atoms with Crippen molar-refractivity contribution in [1.82, 2.24) is 24.4 Å². The van der Waals surface area contributed by atoms with E-state index in [-0.39, 0.29) is 0 Å². The SMILES string of the molecule is COc1cccc2nc(CCN3CCN(C)CC3)nn12. The molecule has 0 saturated carbocycles. The Kier molecular flexibility index (Phi) is 3.84. The summed E-state index contributed by atoms with van der Waals surface area (Å²) < 4.78 is 7.05. The molecule has 0 unspecified atom stereocenters. The third kappa shape index (κ3) is 2.76. The van der Waals surface area contributed by atoms with Crippen LogP contribution < -0.4 is 4.74 Å². The second-order valence-corrected chi connectivity index (χ2v) is 5.26. The Labute approximate surface area is 119 Å². The lowest BCUT2D eigenvalue weighted by atomic mass is 10.3. The second-order valence-electron chi connectivity index (χ2n) is 5.26. The largest absolute Gasteiger partial charge is 0.481 e. The first-order valence-electron chi connectivity index (χ1n) is 7.06. The molecule has 0 N–H and O–H groups in total. The lowest BCUT2D eigenvalue weighted by molar-refractivity contribution is 0.155. The Morgan fingerprint density at radius 3 is 2.75 bits per heavy atom. The van der Waals surface area contributed by atoms with Gasteiger partial charge in [-0.05, 0) is 13.1 Å². The molecule has 6 heteroatoms. The van der Waals surface area contributed by atoms with Gasteiger partial charge in [0.15, 0.2) is 11.5 Å². The normalized spacial score (nSPS) is 17.7. The summed E-state index contributed by atoms with van der Waals surface area (Å²) in [6.45, 7) is 5.58. The highest BCUT2D eigenvalue weighted by Gasteiger charge is 2.14. The average molecular weight is 275 g/mol. The molecule has 3 heterocycles. The molecule has 0 radical (unpaired) electrons. The summed E-state index contributed by atoms with van der Waals surface area (Å²) in [5, 5.41) is 4.53. The summed E-state index contributed by atoms with van der Waals surface area (Å²) in [4.78, 5) is 9.40. The second kappa shape index (κ2) is 5.76. The van der Waals surface area contributed by atoms with Gasteiger partial charge in [0.05, 0.1) is 7.11 Å². The van der Waals surface area contributed by atoms with E-state index in [2.05, 4.69) is 26.9 Å². The minimum Gasteiger partial charge on any atom is -0.481 e. The molecule has 2 aromatic rings. The van der Waals surface area contributed by atoms with Crippen LogP contribution in [0.25, 0.3) is 5.65 Å². The number of piperazine rings is 1. The van der Waals surface area contributed by atoms with Crippen LogP contribution in [0.1, 0.15) is 5.82 Å². The topological polar surface area (TPSA) is 45.9 Å². The van der Waals surface area contributed by atoms with Gasteiger partial charge in [-0.3, -0.25) is 0 Å². The van der Waals surface area contributed by atoms with Crippen molar-refractivity contribution in [2.75, 3.05) is 46.9 Å². The van der Waals surface area contributed by atoms with E-state index in [0.717, 1.165) is 56.5 Å². The fourth-order valence-electron chi connectivity index (χ4n) is 2.52. The Bertz CT molecular complexity index is 574. The molecule has 2 aromatic heterocycles. The van der Waals surface area contributed by atoms with Crippen LogP contribution in [0.3, 0.4) is 0 Å². The summed E-state index contributed by atoms with van der Waals surface area (Å²) in [5.41, 5.74) is 0.845. The van der Waals surface area contributed by atoms with Gasteiger partial charge in [0.2, 0.25) is 5.88 Å². The molecule has 1 saturated heterocycles. The molecule has 0 aliphatic carbocycles. The zero-order valence-corrected chi connectivity index (χ0v) is 12.1. The predicted molar refractivity (Wildman–Crippen MR) is 77.2 cm³/mol. The van der Waals surface area contributed by atoms with E-state index in [1.54, 1.807) is 11.6 Å². The average Bonchev–Trinajstić information content (AvgIpc) is 2.89. The Morgan fingerprint density at radius 2 is 2.00 bits per heavy atom. The molecule has 0 amide bonds. The van der Waals surface area contributed by atoms with E-state index in [1.165, 1.54) is 0 Å². The Morgan fingerprint density at radius 1 is 1.20 bits per heavy atom. The van der Waals surface area contributed by atoms with Crippen molar-refractivity contribution in [3.05, 3.63) is 24.0 Å². The molecule has 1 aliphatic heterocycles. The number of ether oxygens (including phenoxy) is 1. The zero-order chi connectivity index (χ0) is 13.9. The molecule has 20 heavy (non-hydrogen) atoms. The van der Waals surface area contributed by atoms with Gasteiger partial charge >= 0.3 is 0 Å². The van der Waals surface area contributed by atoms with E-state index < -0.39 is 0 Å². The highest BCUT2D eigenvalue weighted by Crippen LogP contribution is 2.12. The van der Waals surface area contributed by atoms with E-state index in [4.69, 9.17) is 4.74 Å². The van der Waals surface area contributed by atoms with Gasteiger partial charge in [-0.15, -0.1) is 5.10 Å². The third-order valence-corrected chi connectivity index (χ3v) is 3.83. The molecule has 108 valence electrons. The molecule has 0 bridgehead atoms. The van der Waals surface area contributed by atoms with Crippen LogP contribution in [-0.4, -0.2) is 71.3 Å². The molecule has 0 spiro atoms. The van der Waals surface area contributed by atoms with Gasteiger partial charge < -0.3 is 14.5 Å². The molecule has 3 rings (SSSR count). The van der Waals surface area contributed by atoms with Crippen molar-refractivity contribution in [2.24, 2.45) is 0 Å². The van der Waals surface area contributed by atoms with Gasteiger partial charge in [0.1, 0.15) is 0 Å². The fourth-order valence-corrected chi connectivity index (χ4v) is 2.52. The first-order chi connectivity index (χ1) is 9.76. The van der Waals surface area contributed by atoms with Crippen molar-refractivity contribution in [2.45, 2.75) is 6.42 Å². The van der Waals surface area contributed by atoms with Crippen molar-refractivity contribution in [3.8, 4) is 5.88 Å². The fraction of sp³-hybridized carbons (Fsp3) is 0.571. The van der Waals surface area contributed by atoms with Crippen LogP contribution in [0.15, 0.2) is 18.2 Å². The summed E-state index contributed by atoms with van der Waals surface area (Å²) in [5.74, 6) is 1.61. The van der Waals surface area contributed by atoms with Crippen molar-refractivity contribution >= 4 is 5.65 Å². The summed E-state index contributed by atoms with van der Waals surface area (Å²) >= 11 is 0. The molecular formula is C14H21N5O. The first kappa shape index (κ1) is 13.3. The van der Waals surface area contributed by atoms with Gasteiger partial charge in [0, 0.05) is 45.2 Å². The monoisotopic (exact) mass is 275 g/mol. The number of aromatic nitrogens is 3. The number of pyridine rings is 1. The quantitative estimate of drug-likeness (QED) is 0.814. The smallest absolute Gasteiger partial charge is 0.216 e. The minimum atomic E-state index is 0.723. The summed E-state index contributed by atoms with van der Waals surface area (Å²) in [6, 6.07) is 5.79. The van der Waals surface area contributed by atoms with Crippen molar-refractivity contribution in [3.63, 3.8) is 0 Å². The van der Waals surface area contributed by atoms with Crippen LogP contribution in [0.4, 0.5) is 0 Å². The standard InChI is InChI=1S/C14H21N5O/c1-17-8-10-18(11-9-17)7-6-12-15-13-4-3-5-14(20-2)19(13)16-12/h3-5H,6-11H2,1-2H3. The lowest BCUT2D eigenvalue weighted by Crippen LogP contribution is -2.45. The van der Waals surface area contributed by atoms with Crippen LogP contribution in [0.5, 0.6) is 5.88 Å². The molecule has 1 aliphatic rings. The first-order valence-corrected chi connectivity index (χ1v) is 7.06. The van der Waals surface area contributed by atoms with Crippen LogP contribution in [-0.2, 0) is 6.42 Å². The van der Waals surface area contributed by atoms with Crippen LogP contribution >= 0.6 is 0 Å². The molecule has 0 atom stereocenters. The number of likely N-dealkylation sites (N-methyl/N-ethyl adjacent to an activating group) is 1. The Hall–Kier alpha value is -1.66. The van der Waals surface area contributed by atoms with Gasteiger partial charge in [-0.1, -0.05) is 6.07 Å². The van der Waals surface area contributed by atoms with E-state index in [0.29, 0.717) is 0 Å². The van der Waals surface area contributed by atoms with E-state index in [9.17, 15) is 0 Å². The lowest BCUT2D eigenvalue weighted by Gasteiger charge is -2.31. The Balaban J connectivity index is 1.66. The summed E-state index contributed by atoms with van der Waals surface area (Å²) in [6.07, 6.45) is 0.883. The number of methoxy groups -OCH3 is 1. The van der Waals surface area contributed by atoms with Crippen molar-refractivity contribution < 1.29 is 4.74 Å². The zero-order valence-electron chi connectivity index (χ0n) is 12.1. The maximum atomic E-state index is 5.29. The van der Waals surface area contributed by atoms with Crippen molar-refractivity contribution in [1.29, 1.82) is 0 Å². The number of hydrogen-bond donors (Lipinski definition) is 0. The van der Waals surface area contributed by atoms with E-state index >= 15 is 0 Å². The third-order valence-electron chi connectivity index (χ3n) is 3.83. The maximum Gasteiger partial charge on any atom is 0.216 e. The number of fused-ring (bicyclic) bond motifs is 1. The number of hydrogen-bond acceptors (Lipinski definition) is 5. The maximum absolute atomic E-state index is 5.29. The minimum absolute atomic E-state index is 0.723. The van der Waals surface area contributed by atoms with Crippen LogP contribution in [0.2, 0.25) is 0 Å². The van der Waals surface area contributed by atoms with Crippen LogP contribution in [0, 0.1) is 0 Å². The summed E-state index contributed by atoms with van der Waals surface area (Å²) in [7, 11) is 3.83. The van der Waals surface area contributed by atoms with E-state index in [1.807, 2.05) is 18.2 Å².